The lowest BCUT2D eigenvalue weighted by Gasteiger charge is -1.96. The van der Waals surface area contributed by atoms with Gasteiger partial charge in [-0.15, -0.1) is 0 Å². The van der Waals surface area contributed by atoms with Crippen molar-refractivity contribution in [2.45, 2.75) is 0 Å². The van der Waals surface area contributed by atoms with Gasteiger partial charge in [-0.1, -0.05) is 23.7 Å². The monoisotopic (exact) mass is 253 g/mol. The van der Waals surface area contributed by atoms with Gasteiger partial charge in [0.25, 0.3) is 0 Å². The number of hydrogen-bond donors (Lipinski definition) is 1. The molecular formula is C14H8ClN3. The molecule has 0 atom stereocenters. The van der Waals surface area contributed by atoms with E-state index >= 15 is 0 Å². The fourth-order valence-corrected chi connectivity index (χ4v) is 2.40. The van der Waals surface area contributed by atoms with Crippen LogP contribution in [0, 0.1) is 0 Å². The Hall–Kier alpha value is -2.13. The maximum Gasteiger partial charge on any atom is 0.157 e. The standard InChI is InChI=1S/C14H8ClN3/c15-8-5-6-9-12(7-8)18-14-13(9)16-10-3-1-2-4-11(10)17-14/h1-7H,(H,17,18). The number of aromatic amines is 1. The fraction of sp³-hybridized carbons (Fsp3) is 0. The van der Waals surface area contributed by atoms with Gasteiger partial charge in [0.05, 0.1) is 16.6 Å². The summed E-state index contributed by atoms with van der Waals surface area (Å²) in [7, 11) is 0. The van der Waals surface area contributed by atoms with Crippen molar-refractivity contribution in [3.05, 3.63) is 47.5 Å². The number of halogens is 1. The van der Waals surface area contributed by atoms with Gasteiger partial charge in [0.15, 0.2) is 5.65 Å². The van der Waals surface area contributed by atoms with E-state index in [1.165, 1.54) is 0 Å². The van der Waals surface area contributed by atoms with Crippen molar-refractivity contribution >= 4 is 44.7 Å². The third-order valence-electron chi connectivity index (χ3n) is 3.06. The van der Waals surface area contributed by atoms with Crippen LogP contribution in [0.15, 0.2) is 42.5 Å². The van der Waals surface area contributed by atoms with Crippen molar-refractivity contribution in [1.29, 1.82) is 0 Å². The Bertz CT molecular complexity index is 895. The first-order valence-corrected chi connectivity index (χ1v) is 6.03. The minimum Gasteiger partial charge on any atom is -0.338 e. The minimum atomic E-state index is 0.707. The van der Waals surface area contributed by atoms with Crippen LogP contribution >= 0.6 is 11.6 Å². The van der Waals surface area contributed by atoms with E-state index in [1.54, 1.807) is 0 Å². The lowest BCUT2D eigenvalue weighted by atomic mass is 10.2. The average Bonchev–Trinajstić information content (AvgIpc) is 2.72. The Morgan fingerprint density at radius 1 is 0.944 bits per heavy atom. The molecule has 2 heterocycles. The predicted octanol–water partition coefficient (Wildman–Crippen LogP) is 3.92. The summed E-state index contributed by atoms with van der Waals surface area (Å²) in [6.45, 7) is 0. The molecule has 4 heteroatoms. The quantitative estimate of drug-likeness (QED) is 0.516. The van der Waals surface area contributed by atoms with Gasteiger partial charge >= 0.3 is 0 Å². The molecule has 4 rings (SSSR count). The topological polar surface area (TPSA) is 41.6 Å². The van der Waals surface area contributed by atoms with E-state index in [1.807, 2.05) is 42.5 Å². The third kappa shape index (κ3) is 1.31. The van der Waals surface area contributed by atoms with Gasteiger partial charge in [0.2, 0.25) is 0 Å². The molecule has 3 nitrogen and oxygen atoms in total. The summed E-state index contributed by atoms with van der Waals surface area (Å²) in [5.74, 6) is 0. The SMILES string of the molecule is Clc1ccc2c(c1)[nH]c1nc3ccccc3nc12. The summed E-state index contributed by atoms with van der Waals surface area (Å²) in [5, 5.41) is 1.76. The summed E-state index contributed by atoms with van der Waals surface area (Å²) in [4.78, 5) is 12.5. The highest BCUT2D eigenvalue weighted by Gasteiger charge is 2.08. The van der Waals surface area contributed by atoms with Crippen LogP contribution in [0.5, 0.6) is 0 Å². The largest absolute Gasteiger partial charge is 0.338 e. The van der Waals surface area contributed by atoms with Crippen LogP contribution in [0.3, 0.4) is 0 Å². The maximum absolute atomic E-state index is 5.99. The van der Waals surface area contributed by atoms with Crippen molar-refractivity contribution in [1.82, 2.24) is 15.0 Å². The van der Waals surface area contributed by atoms with E-state index < -0.39 is 0 Å². The highest BCUT2D eigenvalue weighted by molar-refractivity contribution is 6.31. The number of aromatic nitrogens is 3. The molecule has 0 radical (unpaired) electrons. The smallest absolute Gasteiger partial charge is 0.157 e. The highest BCUT2D eigenvalue weighted by Crippen LogP contribution is 2.26. The Kier molecular flexibility index (Phi) is 1.88. The molecule has 0 amide bonds. The minimum absolute atomic E-state index is 0.707. The number of fused-ring (bicyclic) bond motifs is 4. The molecule has 4 aromatic rings. The summed E-state index contributed by atoms with van der Waals surface area (Å²) in [6.07, 6.45) is 0. The summed E-state index contributed by atoms with van der Waals surface area (Å²) >= 11 is 5.99. The molecule has 0 spiro atoms. The van der Waals surface area contributed by atoms with E-state index in [0.29, 0.717) is 5.02 Å². The predicted molar refractivity (Wildman–Crippen MR) is 73.9 cm³/mol. The number of rotatable bonds is 0. The van der Waals surface area contributed by atoms with Gasteiger partial charge < -0.3 is 4.98 Å². The number of nitrogens with zero attached hydrogens (tertiary/aromatic N) is 2. The van der Waals surface area contributed by atoms with Crippen molar-refractivity contribution in [3.8, 4) is 0 Å². The van der Waals surface area contributed by atoms with Gasteiger partial charge in [-0.25, -0.2) is 9.97 Å². The van der Waals surface area contributed by atoms with Crippen molar-refractivity contribution in [2.75, 3.05) is 0 Å². The van der Waals surface area contributed by atoms with E-state index in [9.17, 15) is 0 Å². The third-order valence-corrected chi connectivity index (χ3v) is 3.30. The van der Waals surface area contributed by atoms with E-state index in [2.05, 4.69) is 15.0 Å². The van der Waals surface area contributed by atoms with Crippen LogP contribution in [0.1, 0.15) is 0 Å². The Balaban J connectivity index is 2.23. The second kappa shape index (κ2) is 3.43. The zero-order chi connectivity index (χ0) is 12.1. The van der Waals surface area contributed by atoms with Crippen molar-refractivity contribution < 1.29 is 0 Å². The Morgan fingerprint density at radius 2 is 1.72 bits per heavy atom. The average molecular weight is 254 g/mol. The van der Waals surface area contributed by atoms with Crippen molar-refractivity contribution in [2.24, 2.45) is 0 Å². The van der Waals surface area contributed by atoms with Crippen LogP contribution in [-0.2, 0) is 0 Å². The number of benzene rings is 2. The molecule has 0 saturated heterocycles. The van der Waals surface area contributed by atoms with Gasteiger partial charge in [0.1, 0.15) is 5.52 Å². The molecule has 0 fully saturated rings. The first kappa shape index (κ1) is 9.85. The zero-order valence-corrected chi connectivity index (χ0v) is 10.1. The number of nitrogens with one attached hydrogen (secondary N) is 1. The maximum atomic E-state index is 5.99. The molecule has 2 aromatic carbocycles. The molecule has 0 unspecified atom stereocenters. The van der Waals surface area contributed by atoms with Gasteiger partial charge in [0, 0.05) is 10.4 Å². The normalized spacial score (nSPS) is 11.6. The summed E-state index contributed by atoms with van der Waals surface area (Å²) in [6, 6.07) is 13.6. The van der Waals surface area contributed by atoms with Crippen LogP contribution in [0.2, 0.25) is 5.02 Å². The molecule has 0 saturated carbocycles. The molecule has 2 aromatic heterocycles. The molecule has 18 heavy (non-hydrogen) atoms. The number of hydrogen-bond acceptors (Lipinski definition) is 2. The zero-order valence-electron chi connectivity index (χ0n) is 9.31. The van der Waals surface area contributed by atoms with Crippen LogP contribution < -0.4 is 0 Å². The van der Waals surface area contributed by atoms with Crippen LogP contribution in [0.25, 0.3) is 33.1 Å². The number of H-pyrrole nitrogens is 1. The molecule has 0 aliphatic rings. The number of para-hydroxylation sites is 2. The van der Waals surface area contributed by atoms with Crippen molar-refractivity contribution in [3.63, 3.8) is 0 Å². The van der Waals surface area contributed by atoms with E-state index in [-0.39, 0.29) is 0 Å². The molecule has 0 bridgehead atoms. The van der Waals surface area contributed by atoms with Crippen LogP contribution in [-0.4, -0.2) is 15.0 Å². The molecule has 86 valence electrons. The van der Waals surface area contributed by atoms with E-state index in [0.717, 1.165) is 33.1 Å². The first-order valence-electron chi connectivity index (χ1n) is 5.65. The van der Waals surface area contributed by atoms with Gasteiger partial charge in [-0.05, 0) is 30.3 Å². The van der Waals surface area contributed by atoms with Crippen LogP contribution in [0.4, 0.5) is 0 Å². The summed E-state index contributed by atoms with van der Waals surface area (Å²) in [5.41, 5.74) is 4.45. The Morgan fingerprint density at radius 3 is 2.56 bits per heavy atom. The van der Waals surface area contributed by atoms with Gasteiger partial charge in [-0.2, -0.15) is 0 Å². The second-order valence-electron chi connectivity index (χ2n) is 4.22. The lowest BCUT2D eigenvalue weighted by Crippen LogP contribution is -1.84. The second-order valence-corrected chi connectivity index (χ2v) is 4.66. The highest BCUT2D eigenvalue weighted by atomic mass is 35.5. The lowest BCUT2D eigenvalue weighted by molar-refractivity contribution is 1.36. The molecular weight excluding hydrogens is 246 g/mol. The van der Waals surface area contributed by atoms with Gasteiger partial charge in [-0.3, -0.25) is 0 Å². The molecule has 0 aliphatic heterocycles. The summed E-state index contributed by atoms with van der Waals surface area (Å²) < 4.78 is 0. The Labute approximate surface area is 107 Å². The van der Waals surface area contributed by atoms with E-state index in [4.69, 9.17) is 11.6 Å². The fourth-order valence-electron chi connectivity index (χ4n) is 2.23. The molecule has 1 N–H and O–H groups in total. The first-order chi connectivity index (χ1) is 8.81. The molecule has 0 aliphatic carbocycles.